The quantitative estimate of drug-likeness (QED) is 0.662. The zero-order chi connectivity index (χ0) is 14.6. The topological polar surface area (TPSA) is 74.3 Å². The van der Waals surface area contributed by atoms with E-state index in [1.54, 1.807) is 13.2 Å². The van der Waals surface area contributed by atoms with Gasteiger partial charge in [-0.2, -0.15) is 17.4 Å². The largest absolute Gasteiger partial charge is 0.314 e. The van der Waals surface area contributed by atoms with Gasteiger partial charge in [0.05, 0.1) is 5.01 Å². The van der Waals surface area contributed by atoms with Crippen LogP contribution in [0.5, 0.6) is 0 Å². The van der Waals surface area contributed by atoms with Crippen molar-refractivity contribution in [1.29, 1.82) is 0 Å². The summed E-state index contributed by atoms with van der Waals surface area (Å²) in [5.74, 6) is 0. The van der Waals surface area contributed by atoms with Crippen molar-refractivity contribution in [3.05, 3.63) is 16.1 Å². The zero-order valence-electron chi connectivity index (χ0n) is 11.9. The van der Waals surface area contributed by atoms with Crippen LogP contribution in [0.15, 0.2) is 6.20 Å². The van der Waals surface area contributed by atoms with Gasteiger partial charge in [-0.15, -0.1) is 11.3 Å². The van der Waals surface area contributed by atoms with Crippen LogP contribution in [0, 0.1) is 6.92 Å². The molecular weight excluding hydrogens is 296 g/mol. The molecule has 0 unspecified atom stereocenters. The van der Waals surface area contributed by atoms with Crippen LogP contribution in [0.25, 0.3) is 0 Å². The van der Waals surface area contributed by atoms with Gasteiger partial charge in [-0.05, 0) is 32.7 Å². The molecule has 0 saturated heterocycles. The van der Waals surface area contributed by atoms with Crippen molar-refractivity contribution in [3.63, 3.8) is 0 Å². The molecule has 20 heavy (non-hydrogen) atoms. The Hall–Kier alpha value is -0.540. The van der Waals surface area contributed by atoms with E-state index < -0.39 is 10.2 Å². The average Bonchev–Trinajstić information content (AvgIpc) is 3.13. The Balaban J connectivity index is 1.70. The number of thiazole rings is 1. The summed E-state index contributed by atoms with van der Waals surface area (Å²) in [5.41, 5.74) is 0. The molecule has 2 rings (SSSR count). The highest BCUT2D eigenvalue weighted by molar-refractivity contribution is 7.87. The second-order valence-electron chi connectivity index (χ2n) is 5.08. The maximum absolute atomic E-state index is 12.0. The minimum absolute atomic E-state index is 0.304. The van der Waals surface area contributed by atoms with Crippen LogP contribution in [0.1, 0.15) is 29.1 Å². The summed E-state index contributed by atoms with van der Waals surface area (Å²) >= 11 is 1.51. The second-order valence-corrected chi connectivity index (χ2v) is 8.26. The van der Waals surface area contributed by atoms with Gasteiger partial charge in [0, 0.05) is 37.3 Å². The van der Waals surface area contributed by atoms with Crippen LogP contribution in [-0.4, -0.2) is 43.9 Å². The van der Waals surface area contributed by atoms with E-state index in [0.29, 0.717) is 19.1 Å². The summed E-state index contributed by atoms with van der Waals surface area (Å²) in [5, 5.41) is 4.32. The molecule has 1 aliphatic rings. The van der Waals surface area contributed by atoms with Crippen molar-refractivity contribution >= 4 is 21.5 Å². The number of hydrogen-bond acceptors (Lipinski definition) is 5. The first-order valence-corrected chi connectivity index (χ1v) is 9.08. The number of nitrogens with zero attached hydrogens (tertiary/aromatic N) is 2. The summed E-state index contributed by atoms with van der Waals surface area (Å²) < 4.78 is 28.0. The van der Waals surface area contributed by atoms with Crippen molar-refractivity contribution in [2.24, 2.45) is 0 Å². The lowest BCUT2D eigenvalue weighted by molar-refractivity contribution is 0.444. The van der Waals surface area contributed by atoms with Crippen molar-refractivity contribution in [3.8, 4) is 0 Å². The summed E-state index contributed by atoms with van der Waals surface area (Å²) in [6, 6.07) is 0.671. The molecule has 1 fully saturated rings. The molecular formula is C12H22N4O2S2. The lowest BCUT2D eigenvalue weighted by Gasteiger charge is -2.17. The molecule has 0 spiro atoms. The van der Waals surface area contributed by atoms with Gasteiger partial charge in [0.25, 0.3) is 10.2 Å². The third-order valence-electron chi connectivity index (χ3n) is 3.17. The molecule has 1 aromatic heterocycles. The molecule has 1 aromatic rings. The van der Waals surface area contributed by atoms with E-state index in [0.717, 1.165) is 22.9 Å². The number of aryl methyl sites for hydroxylation is 1. The van der Waals surface area contributed by atoms with E-state index in [1.807, 2.05) is 6.92 Å². The van der Waals surface area contributed by atoms with Crippen LogP contribution in [-0.2, 0) is 16.8 Å². The van der Waals surface area contributed by atoms with E-state index >= 15 is 0 Å². The number of nitrogens with one attached hydrogen (secondary N) is 2. The molecule has 0 aliphatic heterocycles. The Kier molecular flexibility index (Phi) is 5.50. The predicted octanol–water partition coefficient (Wildman–Crippen LogP) is 0.860. The highest BCUT2D eigenvalue weighted by Gasteiger charge is 2.20. The van der Waals surface area contributed by atoms with Crippen LogP contribution >= 0.6 is 11.3 Å². The van der Waals surface area contributed by atoms with Gasteiger partial charge < -0.3 is 5.32 Å². The lowest BCUT2D eigenvalue weighted by Crippen LogP contribution is -2.39. The molecule has 114 valence electrons. The van der Waals surface area contributed by atoms with Crippen LogP contribution in [0.2, 0.25) is 0 Å². The highest BCUT2D eigenvalue weighted by atomic mass is 32.2. The molecule has 0 bridgehead atoms. The molecule has 0 aromatic carbocycles. The minimum Gasteiger partial charge on any atom is -0.314 e. The van der Waals surface area contributed by atoms with E-state index in [4.69, 9.17) is 0 Å². The van der Waals surface area contributed by atoms with Gasteiger partial charge in [-0.3, -0.25) is 0 Å². The van der Waals surface area contributed by atoms with Gasteiger partial charge in [0.15, 0.2) is 0 Å². The fraction of sp³-hybridized carbons (Fsp3) is 0.750. The fourth-order valence-corrected chi connectivity index (χ4v) is 3.53. The van der Waals surface area contributed by atoms with Gasteiger partial charge in [0.1, 0.15) is 0 Å². The summed E-state index contributed by atoms with van der Waals surface area (Å²) in [4.78, 5) is 5.03. The van der Waals surface area contributed by atoms with Crippen molar-refractivity contribution in [1.82, 2.24) is 19.3 Å². The molecule has 8 heteroatoms. The number of hydrogen-bond donors (Lipinski definition) is 2. The predicted molar refractivity (Wildman–Crippen MR) is 80.9 cm³/mol. The Bertz CT molecular complexity index is 525. The smallest absolute Gasteiger partial charge is 0.279 e. The Labute approximate surface area is 124 Å². The lowest BCUT2D eigenvalue weighted by atomic mass is 10.4. The highest BCUT2D eigenvalue weighted by Crippen LogP contribution is 2.18. The monoisotopic (exact) mass is 318 g/mol. The number of rotatable bonds is 9. The van der Waals surface area contributed by atoms with Gasteiger partial charge in [-0.25, -0.2) is 4.98 Å². The first-order valence-electron chi connectivity index (χ1n) is 6.83. The first-order chi connectivity index (χ1) is 9.47. The molecule has 1 saturated carbocycles. The minimum atomic E-state index is -3.40. The molecule has 6 nitrogen and oxygen atoms in total. The Morgan fingerprint density at radius 3 is 2.85 bits per heavy atom. The second kappa shape index (κ2) is 6.95. The van der Waals surface area contributed by atoms with Crippen molar-refractivity contribution in [2.45, 2.75) is 38.8 Å². The maximum atomic E-state index is 12.0. The average molecular weight is 318 g/mol. The Morgan fingerprint density at radius 2 is 2.25 bits per heavy atom. The number of aromatic nitrogens is 1. The third-order valence-corrected chi connectivity index (χ3v) is 5.59. The summed E-state index contributed by atoms with van der Waals surface area (Å²) in [6.45, 7) is 3.61. The van der Waals surface area contributed by atoms with Gasteiger partial charge in [-0.1, -0.05) is 0 Å². The maximum Gasteiger partial charge on any atom is 0.279 e. The SMILES string of the molecule is Cc1ncc(CNS(=O)(=O)N(C)CCCNC2CC2)s1. The standard InChI is InChI=1S/C12H22N4O2S2/c1-10-14-8-12(19-10)9-15-20(17,18)16(2)7-3-6-13-11-4-5-11/h8,11,13,15H,3-7,9H2,1-2H3. The normalized spacial score (nSPS) is 15.9. The van der Waals surface area contributed by atoms with Crippen LogP contribution in [0.3, 0.4) is 0 Å². The van der Waals surface area contributed by atoms with Gasteiger partial charge >= 0.3 is 0 Å². The third kappa shape index (κ3) is 5.10. The summed E-state index contributed by atoms with van der Waals surface area (Å²) in [7, 11) is -1.79. The fourth-order valence-electron chi connectivity index (χ4n) is 1.78. The van der Waals surface area contributed by atoms with E-state index in [1.165, 1.54) is 28.5 Å². The molecule has 1 aliphatic carbocycles. The molecule has 2 N–H and O–H groups in total. The van der Waals surface area contributed by atoms with E-state index in [9.17, 15) is 8.42 Å². The molecule has 0 radical (unpaired) electrons. The van der Waals surface area contributed by atoms with Crippen LogP contribution < -0.4 is 10.0 Å². The van der Waals surface area contributed by atoms with Crippen molar-refractivity contribution in [2.75, 3.05) is 20.1 Å². The first kappa shape index (κ1) is 15.8. The Morgan fingerprint density at radius 1 is 1.50 bits per heavy atom. The summed E-state index contributed by atoms with van der Waals surface area (Å²) in [6.07, 6.45) is 5.05. The molecule has 0 amide bonds. The van der Waals surface area contributed by atoms with Crippen LogP contribution in [0.4, 0.5) is 0 Å². The van der Waals surface area contributed by atoms with Gasteiger partial charge in [0.2, 0.25) is 0 Å². The van der Waals surface area contributed by atoms with Crippen molar-refractivity contribution < 1.29 is 8.42 Å². The molecule has 0 atom stereocenters. The molecule has 1 heterocycles. The zero-order valence-corrected chi connectivity index (χ0v) is 13.6. The van der Waals surface area contributed by atoms with E-state index in [-0.39, 0.29) is 0 Å². The van der Waals surface area contributed by atoms with E-state index in [2.05, 4.69) is 15.0 Å².